The molecule has 1 aromatic carbocycles. The van der Waals surface area contributed by atoms with Crippen LogP contribution in [0.2, 0.25) is 0 Å². The standard InChI is InChI=1S/C17H19NO4S/c1-13-4-6-14(7-5-13)17(19)18(11-16-3-2-9-22-16)15-8-10-23(20,21)12-15/h2-7,9,15H,8,10-12H2,1H3. The molecule has 1 aliphatic rings. The fourth-order valence-electron chi connectivity index (χ4n) is 2.82. The molecule has 1 saturated heterocycles. The second-order valence-electron chi connectivity index (χ2n) is 5.94. The number of furan rings is 1. The molecule has 1 fully saturated rings. The highest BCUT2D eigenvalue weighted by Gasteiger charge is 2.35. The molecular weight excluding hydrogens is 314 g/mol. The van der Waals surface area contributed by atoms with E-state index in [2.05, 4.69) is 0 Å². The Bertz CT molecular complexity index is 779. The van der Waals surface area contributed by atoms with Crippen LogP contribution in [0.3, 0.4) is 0 Å². The number of carbonyl (C=O) groups excluding carboxylic acids is 1. The maximum atomic E-state index is 12.9. The summed E-state index contributed by atoms with van der Waals surface area (Å²) in [5.74, 6) is 0.636. The average Bonchev–Trinajstić information content (AvgIpc) is 3.14. The van der Waals surface area contributed by atoms with E-state index in [0.29, 0.717) is 17.7 Å². The normalized spacial score (nSPS) is 19.6. The van der Waals surface area contributed by atoms with Crippen LogP contribution in [0.15, 0.2) is 47.1 Å². The van der Waals surface area contributed by atoms with Gasteiger partial charge in [-0.1, -0.05) is 17.7 Å². The van der Waals surface area contributed by atoms with Gasteiger partial charge >= 0.3 is 0 Å². The number of sulfone groups is 1. The SMILES string of the molecule is Cc1ccc(C(=O)N(Cc2ccco2)C2CCS(=O)(=O)C2)cc1. The Morgan fingerprint density at radius 1 is 1.26 bits per heavy atom. The van der Waals surface area contributed by atoms with Crippen LogP contribution in [0.5, 0.6) is 0 Å². The van der Waals surface area contributed by atoms with E-state index in [1.165, 1.54) is 0 Å². The molecule has 1 aliphatic heterocycles. The Hall–Kier alpha value is -2.08. The minimum absolute atomic E-state index is 0.0192. The van der Waals surface area contributed by atoms with E-state index < -0.39 is 9.84 Å². The zero-order valence-electron chi connectivity index (χ0n) is 12.9. The van der Waals surface area contributed by atoms with Crippen molar-refractivity contribution < 1.29 is 17.6 Å². The Labute approximate surface area is 135 Å². The summed E-state index contributed by atoms with van der Waals surface area (Å²) in [6, 6.07) is 10.5. The minimum atomic E-state index is -3.07. The van der Waals surface area contributed by atoms with Crippen LogP contribution in [0.4, 0.5) is 0 Å². The predicted octanol–water partition coefficient (Wildman–Crippen LogP) is 2.42. The molecule has 0 saturated carbocycles. The van der Waals surface area contributed by atoms with E-state index in [4.69, 9.17) is 4.42 Å². The van der Waals surface area contributed by atoms with Gasteiger partial charge in [0.25, 0.3) is 5.91 Å². The first kappa shape index (κ1) is 15.8. The molecule has 0 bridgehead atoms. The lowest BCUT2D eigenvalue weighted by molar-refractivity contribution is 0.0666. The Morgan fingerprint density at radius 3 is 2.57 bits per heavy atom. The quantitative estimate of drug-likeness (QED) is 0.862. The van der Waals surface area contributed by atoms with E-state index in [0.717, 1.165) is 5.56 Å². The maximum Gasteiger partial charge on any atom is 0.254 e. The summed E-state index contributed by atoms with van der Waals surface area (Å²) in [6.45, 7) is 2.23. The minimum Gasteiger partial charge on any atom is -0.467 e. The molecule has 23 heavy (non-hydrogen) atoms. The first-order chi connectivity index (χ1) is 10.9. The molecule has 0 aliphatic carbocycles. The highest BCUT2D eigenvalue weighted by molar-refractivity contribution is 7.91. The number of benzene rings is 1. The van der Waals surface area contributed by atoms with Gasteiger partial charge in [0, 0.05) is 11.6 Å². The van der Waals surface area contributed by atoms with Crippen molar-refractivity contribution in [3.05, 3.63) is 59.5 Å². The molecule has 1 amide bonds. The number of aryl methyl sites for hydroxylation is 1. The lowest BCUT2D eigenvalue weighted by Crippen LogP contribution is -2.40. The molecule has 2 aromatic rings. The van der Waals surface area contributed by atoms with Gasteiger partial charge in [-0.2, -0.15) is 0 Å². The molecule has 0 spiro atoms. The van der Waals surface area contributed by atoms with E-state index in [9.17, 15) is 13.2 Å². The van der Waals surface area contributed by atoms with E-state index in [1.807, 2.05) is 19.1 Å². The van der Waals surface area contributed by atoms with Gasteiger partial charge in [0.1, 0.15) is 5.76 Å². The lowest BCUT2D eigenvalue weighted by Gasteiger charge is -2.27. The number of nitrogens with zero attached hydrogens (tertiary/aromatic N) is 1. The number of carbonyl (C=O) groups is 1. The molecule has 2 heterocycles. The van der Waals surface area contributed by atoms with Gasteiger partial charge < -0.3 is 9.32 Å². The molecule has 1 atom stereocenters. The summed E-state index contributed by atoms with van der Waals surface area (Å²) in [4.78, 5) is 14.5. The van der Waals surface area contributed by atoms with E-state index >= 15 is 0 Å². The van der Waals surface area contributed by atoms with Crippen molar-refractivity contribution in [2.45, 2.75) is 25.9 Å². The molecule has 1 aromatic heterocycles. The fourth-order valence-corrected chi connectivity index (χ4v) is 4.55. The van der Waals surface area contributed by atoms with Crippen molar-refractivity contribution in [2.75, 3.05) is 11.5 Å². The summed E-state index contributed by atoms with van der Waals surface area (Å²) in [5.41, 5.74) is 1.63. The summed E-state index contributed by atoms with van der Waals surface area (Å²) in [6.07, 6.45) is 2.02. The summed E-state index contributed by atoms with van der Waals surface area (Å²) >= 11 is 0. The molecule has 0 radical (unpaired) electrons. The number of hydrogen-bond donors (Lipinski definition) is 0. The number of hydrogen-bond acceptors (Lipinski definition) is 4. The molecule has 0 N–H and O–H groups in total. The molecule has 5 nitrogen and oxygen atoms in total. The zero-order chi connectivity index (χ0) is 16.4. The third kappa shape index (κ3) is 3.64. The van der Waals surface area contributed by atoms with Gasteiger partial charge in [0.15, 0.2) is 9.84 Å². The van der Waals surface area contributed by atoms with Crippen LogP contribution in [0, 0.1) is 6.92 Å². The zero-order valence-corrected chi connectivity index (χ0v) is 13.8. The summed E-state index contributed by atoms with van der Waals surface area (Å²) < 4.78 is 28.9. The van der Waals surface area contributed by atoms with E-state index in [-0.39, 0.29) is 30.0 Å². The van der Waals surface area contributed by atoms with Crippen LogP contribution in [0.25, 0.3) is 0 Å². The highest BCUT2D eigenvalue weighted by atomic mass is 32.2. The predicted molar refractivity (Wildman–Crippen MR) is 86.8 cm³/mol. The Morgan fingerprint density at radius 2 is 2.00 bits per heavy atom. The smallest absolute Gasteiger partial charge is 0.254 e. The average molecular weight is 333 g/mol. The van der Waals surface area contributed by atoms with Crippen LogP contribution in [-0.2, 0) is 16.4 Å². The van der Waals surface area contributed by atoms with Crippen LogP contribution in [0.1, 0.15) is 28.1 Å². The van der Waals surface area contributed by atoms with Gasteiger partial charge in [-0.05, 0) is 37.6 Å². The Balaban J connectivity index is 1.88. The second kappa shape index (κ2) is 6.20. The van der Waals surface area contributed by atoms with Crippen molar-refractivity contribution in [2.24, 2.45) is 0 Å². The number of amides is 1. The second-order valence-corrected chi connectivity index (χ2v) is 8.16. The van der Waals surface area contributed by atoms with Crippen molar-refractivity contribution in [3.63, 3.8) is 0 Å². The lowest BCUT2D eigenvalue weighted by atomic mass is 10.1. The summed E-state index contributed by atoms with van der Waals surface area (Å²) in [5, 5.41) is 0. The highest BCUT2D eigenvalue weighted by Crippen LogP contribution is 2.22. The Kier molecular flexibility index (Phi) is 4.26. The topological polar surface area (TPSA) is 67.6 Å². The third-order valence-corrected chi connectivity index (χ3v) is 5.87. The first-order valence-electron chi connectivity index (χ1n) is 7.55. The third-order valence-electron chi connectivity index (χ3n) is 4.11. The van der Waals surface area contributed by atoms with Gasteiger partial charge in [0.2, 0.25) is 0 Å². The van der Waals surface area contributed by atoms with Crippen LogP contribution < -0.4 is 0 Å². The molecule has 1 unspecified atom stereocenters. The maximum absolute atomic E-state index is 12.9. The fraction of sp³-hybridized carbons (Fsp3) is 0.353. The van der Waals surface area contributed by atoms with Crippen LogP contribution >= 0.6 is 0 Å². The first-order valence-corrected chi connectivity index (χ1v) is 9.37. The van der Waals surface area contributed by atoms with Gasteiger partial charge in [-0.15, -0.1) is 0 Å². The monoisotopic (exact) mass is 333 g/mol. The van der Waals surface area contributed by atoms with Crippen molar-refractivity contribution in [3.8, 4) is 0 Å². The van der Waals surface area contributed by atoms with Crippen molar-refractivity contribution in [1.29, 1.82) is 0 Å². The molecule has 6 heteroatoms. The molecular formula is C17H19NO4S. The van der Waals surface area contributed by atoms with Gasteiger partial charge in [-0.3, -0.25) is 4.79 Å². The van der Waals surface area contributed by atoms with E-state index in [1.54, 1.807) is 35.4 Å². The summed E-state index contributed by atoms with van der Waals surface area (Å²) in [7, 11) is -3.07. The largest absolute Gasteiger partial charge is 0.467 e. The van der Waals surface area contributed by atoms with Gasteiger partial charge in [0.05, 0.1) is 24.3 Å². The van der Waals surface area contributed by atoms with Crippen molar-refractivity contribution in [1.82, 2.24) is 4.90 Å². The van der Waals surface area contributed by atoms with Gasteiger partial charge in [-0.25, -0.2) is 8.42 Å². The van der Waals surface area contributed by atoms with Crippen LogP contribution in [-0.4, -0.2) is 36.8 Å². The molecule has 3 rings (SSSR count). The molecule has 122 valence electrons. The number of rotatable bonds is 4. The van der Waals surface area contributed by atoms with Crippen molar-refractivity contribution >= 4 is 15.7 Å².